The Morgan fingerprint density at radius 3 is 2.91 bits per heavy atom. The second-order valence-electron chi connectivity index (χ2n) is 1.99. The van der Waals surface area contributed by atoms with Gasteiger partial charge in [0, 0.05) is 0 Å². The lowest BCUT2D eigenvalue weighted by Gasteiger charge is -1.82. The second-order valence-corrected chi connectivity index (χ2v) is 2.55. The van der Waals surface area contributed by atoms with Gasteiger partial charge in [0.15, 0.2) is 5.69 Å². The van der Waals surface area contributed by atoms with Crippen molar-refractivity contribution < 1.29 is 4.63 Å². The first-order valence-electron chi connectivity index (χ1n) is 2.95. The minimum atomic E-state index is 0.666. The molecule has 0 aliphatic rings. The fourth-order valence-electron chi connectivity index (χ4n) is 0.733. The van der Waals surface area contributed by atoms with E-state index >= 15 is 0 Å². The van der Waals surface area contributed by atoms with E-state index in [-0.39, 0.29) is 0 Å². The summed E-state index contributed by atoms with van der Waals surface area (Å²) in [5.74, 6) is 0. The molecule has 2 aromatic heterocycles. The molecule has 0 amide bonds. The van der Waals surface area contributed by atoms with E-state index in [1.807, 2.05) is 6.92 Å². The SMILES string of the molecule is Cc1nonc1-c1cnsn1. The maximum absolute atomic E-state index is 4.51. The summed E-state index contributed by atoms with van der Waals surface area (Å²) in [6, 6.07) is 0. The maximum atomic E-state index is 4.51. The van der Waals surface area contributed by atoms with Gasteiger partial charge in [0.2, 0.25) is 0 Å². The molecular formula is C5H4N4OS. The molecule has 56 valence electrons. The summed E-state index contributed by atoms with van der Waals surface area (Å²) in [7, 11) is 0. The Kier molecular flexibility index (Phi) is 1.39. The summed E-state index contributed by atoms with van der Waals surface area (Å²) < 4.78 is 12.3. The van der Waals surface area contributed by atoms with Gasteiger partial charge in [-0.05, 0) is 12.1 Å². The van der Waals surface area contributed by atoms with Crippen molar-refractivity contribution in [2.45, 2.75) is 6.92 Å². The lowest BCUT2D eigenvalue weighted by molar-refractivity contribution is 0.306. The Bertz CT molecular complexity index is 341. The summed E-state index contributed by atoms with van der Waals surface area (Å²) in [4.78, 5) is 0. The molecule has 0 fully saturated rings. The highest BCUT2D eigenvalue weighted by atomic mass is 32.1. The molecule has 11 heavy (non-hydrogen) atoms. The molecule has 2 rings (SSSR count). The third-order valence-corrected chi connectivity index (χ3v) is 1.73. The number of aromatic nitrogens is 4. The molecule has 5 nitrogen and oxygen atoms in total. The molecule has 2 heterocycles. The number of hydrogen-bond acceptors (Lipinski definition) is 6. The second kappa shape index (κ2) is 2.39. The van der Waals surface area contributed by atoms with Crippen LogP contribution >= 0.6 is 11.7 Å². The van der Waals surface area contributed by atoms with Gasteiger partial charge in [0.25, 0.3) is 0 Å². The molecule has 0 aliphatic heterocycles. The maximum Gasteiger partial charge on any atom is 0.159 e. The smallest absolute Gasteiger partial charge is 0.159 e. The Morgan fingerprint density at radius 2 is 2.36 bits per heavy atom. The zero-order valence-corrected chi connectivity index (χ0v) is 6.50. The van der Waals surface area contributed by atoms with Crippen LogP contribution < -0.4 is 0 Å². The van der Waals surface area contributed by atoms with Gasteiger partial charge in [-0.1, -0.05) is 5.16 Å². The Labute approximate surface area is 66.4 Å². The molecule has 0 atom stereocenters. The molecule has 0 spiro atoms. The van der Waals surface area contributed by atoms with Crippen molar-refractivity contribution in [3.05, 3.63) is 11.9 Å². The van der Waals surface area contributed by atoms with E-state index in [2.05, 4.69) is 23.7 Å². The van der Waals surface area contributed by atoms with Crippen LogP contribution in [0.25, 0.3) is 11.4 Å². The number of rotatable bonds is 1. The van der Waals surface area contributed by atoms with Crippen LogP contribution in [-0.4, -0.2) is 19.1 Å². The monoisotopic (exact) mass is 168 g/mol. The van der Waals surface area contributed by atoms with Crippen LogP contribution in [0.4, 0.5) is 0 Å². The summed E-state index contributed by atoms with van der Waals surface area (Å²) >= 11 is 1.14. The highest BCUT2D eigenvalue weighted by Gasteiger charge is 2.09. The molecule has 0 N–H and O–H groups in total. The highest BCUT2D eigenvalue weighted by molar-refractivity contribution is 6.99. The average Bonchev–Trinajstić information content (AvgIpc) is 2.55. The topological polar surface area (TPSA) is 64.7 Å². The molecule has 2 aromatic rings. The lowest BCUT2D eigenvalue weighted by atomic mass is 10.3. The number of aryl methyl sites for hydroxylation is 1. The van der Waals surface area contributed by atoms with Crippen molar-refractivity contribution in [1.29, 1.82) is 0 Å². The Hall–Kier alpha value is -1.30. The van der Waals surface area contributed by atoms with Crippen molar-refractivity contribution in [3.63, 3.8) is 0 Å². The first-order valence-corrected chi connectivity index (χ1v) is 3.68. The third-order valence-electron chi connectivity index (χ3n) is 1.26. The van der Waals surface area contributed by atoms with Crippen LogP contribution in [0.15, 0.2) is 10.8 Å². The number of hydrogen-bond donors (Lipinski definition) is 0. The van der Waals surface area contributed by atoms with E-state index < -0.39 is 0 Å². The van der Waals surface area contributed by atoms with E-state index in [0.717, 1.165) is 17.4 Å². The van der Waals surface area contributed by atoms with Crippen molar-refractivity contribution in [2.75, 3.05) is 0 Å². The summed E-state index contributed by atoms with van der Waals surface area (Å²) in [5, 5.41) is 7.30. The van der Waals surface area contributed by atoms with Gasteiger partial charge >= 0.3 is 0 Å². The highest BCUT2D eigenvalue weighted by Crippen LogP contribution is 2.16. The van der Waals surface area contributed by atoms with Crippen LogP contribution in [0, 0.1) is 6.92 Å². The van der Waals surface area contributed by atoms with Gasteiger partial charge in [-0.2, -0.15) is 8.75 Å². The van der Waals surface area contributed by atoms with Crippen molar-refractivity contribution in [1.82, 2.24) is 19.1 Å². The predicted molar refractivity (Wildman–Crippen MR) is 37.9 cm³/mol. The summed E-state index contributed by atoms with van der Waals surface area (Å²) in [6.45, 7) is 1.81. The van der Waals surface area contributed by atoms with E-state index in [4.69, 9.17) is 0 Å². The Balaban J connectivity index is 2.53. The molecule has 0 aliphatic carbocycles. The van der Waals surface area contributed by atoms with Crippen LogP contribution in [0.1, 0.15) is 5.69 Å². The summed E-state index contributed by atoms with van der Waals surface area (Å²) in [5.41, 5.74) is 2.12. The first kappa shape index (κ1) is 6.41. The van der Waals surface area contributed by atoms with Crippen molar-refractivity contribution in [2.24, 2.45) is 0 Å². The van der Waals surface area contributed by atoms with Gasteiger partial charge in [0.05, 0.1) is 17.9 Å². The minimum Gasteiger partial charge on any atom is -0.244 e. The van der Waals surface area contributed by atoms with Gasteiger partial charge < -0.3 is 0 Å². The van der Waals surface area contributed by atoms with Gasteiger partial charge in [0.1, 0.15) is 11.4 Å². The molecule has 0 aromatic carbocycles. The first-order chi connectivity index (χ1) is 5.38. The quantitative estimate of drug-likeness (QED) is 0.632. The fraction of sp³-hybridized carbons (Fsp3) is 0.200. The molecule has 0 saturated carbocycles. The zero-order valence-electron chi connectivity index (χ0n) is 5.68. The van der Waals surface area contributed by atoms with Gasteiger partial charge in [-0.3, -0.25) is 0 Å². The predicted octanol–water partition coefficient (Wildman–Crippen LogP) is 0.897. The summed E-state index contributed by atoms with van der Waals surface area (Å²) in [6.07, 6.45) is 1.64. The zero-order chi connectivity index (χ0) is 7.68. The van der Waals surface area contributed by atoms with Crippen molar-refractivity contribution >= 4 is 11.7 Å². The van der Waals surface area contributed by atoms with Gasteiger partial charge in [-0.25, -0.2) is 4.63 Å². The Morgan fingerprint density at radius 1 is 1.45 bits per heavy atom. The molecule has 0 saturated heterocycles. The van der Waals surface area contributed by atoms with Crippen LogP contribution in [-0.2, 0) is 0 Å². The molecule has 0 radical (unpaired) electrons. The molecule has 0 bridgehead atoms. The largest absolute Gasteiger partial charge is 0.244 e. The fourth-order valence-corrected chi connectivity index (χ4v) is 1.15. The minimum absolute atomic E-state index is 0.666. The van der Waals surface area contributed by atoms with E-state index in [9.17, 15) is 0 Å². The van der Waals surface area contributed by atoms with Crippen molar-refractivity contribution in [3.8, 4) is 11.4 Å². The third kappa shape index (κ3) is 1.01. The van der Waals surface area contributed by atoms with E-state index in [0.29, 0.717) is 11.4 Å². The molecular weight excluding hydrogens is 164 g/mol. The molecule has 6 heteroatoms. The number of nitrogens with zero attached hydrogens (tertiary/aromatic N) is 4. The van der Waals surface area contributed by atoms with Gasteiger partial charge in [-0.15, -0.1) is 0 Å². The lowest BCUT2D eigenvalue weighted by Crippen LogP contribution is -1.79. The van der Waals surface area contributed by atoms with E-state index in [1.54, 1.807) is 6.20 Å². The van der Waals surface area contributed by atoms with E-state index in [1.165, 1.54) is 0 Å². The van der Waals surface area contributed by atoms with Crippen LogP contribution in [0.2, 0.25) is 0 Å². The van der Waals surface area contributed by atoms with Crippen LogP contribution in [0.5, 0.6) is 0 Å². The normalized spacial score (nSPS) is 10.3. The standard InChI is InChI=1S/C5H4N4OS/c1-3-5(8-10-7-3)4-2-6-11-9-4/h2H,1H3. The molecule has 0 unspecified atom stereocenters. The average molecular weight is 168 g/mol. The van der Waals surface area contributed by atoms with Crippen LogP contribution in [0.3, 0.4) is 0 Å².